The predicted octanol–water partition coefficient (Wildman–Crippen LogP) is 1.55. The molecule has 114 valence electrons. The molecule has 6 nitrogen and oxygen atoms in total. The summed E-state index contributed by atoms with van der Waals surface area (Å²) in [6, 6.07) is 6.73. The summed E-state index contributed by atoms with van der Waals surface area (Å²) in [5.74, 6) is -2.07. The van der Waals surface area contributed by atoms with Gasteiger partial charge in [-0.3, -0.25) is 9.59 Å². The second kappa shape index (κ2) is 7.21. The second-order valence-corrected chi connectivity index (χ2v) is 5.65. The lowest BCUT2D eigenvalue weighted by molar-refractivity contribution is -0.146. The first-order valence-electron chi connectivity index (χ1n) is 6.36. The summed E-state index contributed by atoms with van der Waals surface area (Å²) in [5.41, 5.74) is -0.925. The molecule has 0 saturated carbocycles. The van der Waals surface area contributed by atoms with Crippen molar-refractivity contribution in [3.8, 4) is 0 Å². The SMILES string of the molecule is CCC(C)(NC(=O)CNC(=O)c1cccc(Br)c1)C(=O)O. The summed E-state index contributed by atoms with van der Waals surface area (Å²) in [4.78, 5) is 34.6. The third-order valence-electron chi connectivity index (χ3n) is 3.09. The minimum atomic E-state index is -1.34. The van der Waals surface area contributed by atoms with Gasteiger partial charge < -0.3 is 15.7 Å². The minimum absolute atomic E-state index is 0.244. The third kappa shape index (κ3) is 4.86. The highest BCUT2D eigenvalue weighted by atomic mass is 79.9. The number of hydrogen-bond acceptors (Lipinski definition) is 3. The quantitative estimate of drug-likeness (QED) is 0.720. The Bertz CT molecular complexity index is 562. The lowest BCUT2D eigenvalue weighted by Crippen LogP contribution is -2.54. The highest BCUT2D eigenvalue weighted by Gasteiger charge is 2.32. The van der Waals surface area contributed by atoms with Gasteiger partial charge in [-0.25, -0.2) is 4.79 Å². The van der Waals surface area contributed by atoms with Crippen molar-refractivity contribution in [2.75, 3.05) is 6.54 Å². The monoisotopic (exact) mass is 356 g/mol. The van der Waals surface area contributed by atoms with E-state index in [0.717, 1.165) is 4.47 Å². The van der Waals surface area contributed by atoms with Gasteiger partial charge in [-0.1, -0.05) is 28.9 Å². The number of carboxylic acids is 1. The fourth-order valence-electron chi connectivity index (χ4n) is 1.54. The Kier molecular flexibility index (Phi) is 5.90. The van der Waals surface area contributed by atoms with Gasteiger partial charge in [0.05, 0.1) is 6.54 Å². The molecule has 2 amide bonds. The van der Waals surface area contributed by atoms with Gasteiger partial charge in [0.25, 0.3) is 5.91 Å². The first kappa shape index (κ1) is 17.2. The lowest BCUT2D eigenvalue weighted by atomic mass is 9.99. The zero-order valence-electron chi connectivity index (χ0n) is 11.8. The summed E-state index contributed by atoms with van der Waals surface area (Å²) in [5, 5.41) is 13.9. The van der Waals surface area contributed by atoms with Crippen LogP contribution >= 0.6 is 15.9 Å². The molecule has 0 fully saturated rings. The average molecular weight is 357 g/mol. The standard InChI is InChI=1S/C14H17BrN2O4/c1-3-14(2,13(20)21)17-11(18)8-16-12(19)9-5-4-6-10(15)7-9/h4-7H,3,8H2,1-2H3,(H,16,19)(H,17,18)(H,20,21). The minimum Gasteiger partial charge on any atom is -0.480 e. The molecule has 0 radical (unpaired) electrons. The Labute approximate surface area is 131 Å². The maximum absolute atomic E-state index is 11.8. The molecular weight excluding hydrogens is 340 g/mol. The van der Waals surface area contributed by atoms with Crippen molar-refractivity contribution in [1.82, 2.24) is 10.6 Å². The van der Waals surface area contributed by atoms with E-state index in [2.05, 4.69) is 26.6 Å². The summed E-state index contributed by atoms with van der Waals surface area (Å²) >= 11 is 3.25. The van der Waals surface area contributed by atoms with Crippen LogP contribution in [0.3, 0.4) is 0 Å². The Hall–Kier alpha value is -1.89. The maximum atomic E-state index is 11.8. The second-order valence-electron chi connectivity index (χ2n) is 4.73. The normalized spacial score (nSPS) is 13.1. The van der Waals surface area contributed by atoms with Crippen molar-refractivity contribution in [2.24, 2.45) is 0 Å². The van der Waals surface area contributed by atoms with Crippen LogP contribution in [0.1, 0.15) is 30.6 Å². The third-order valence-corrected chi connectivity index (χ3v) is 3.58. The molecule has 0 aliphatic heterocycles. The van der Waals surface area contributed by atoms with Gasteiger partial charge in [0.15, 0.2) is 0 Å². The number of benzene rings is 1. The predicted molar refractivity (Wildman–Crippen MR) is 80.9 cm³/mol. The summed E-state index contributed by atoms with van der Waals surface area (Å²) < 4.78 is 0.754. The first-order valence-corrected chi connectivity index (χ1v) is 7.16. The first-order chi connectivity index (χ1) is 9.78. The van der Waals surface area contributed by atoms with Crippen molar-refractivity contribution in [1.29, 1.82) is 0 Å². The largest absolute Gasteiger partial charge is 0.480 e. The van der Waals surface area contributed by atoms with Gasteiger partial charge in [-0.05, 0) is 31.5 Å². The molecule has 1 unspecified atom stereocenters. The molecule has 7 heteroatoms. The van der Waals surface area contributed by atoms with Crippen LogP contribution in [-0.2, 0) is 9.59 Å². The van der Waals surface area contributed by atoms with Gasteiger partial charge in [0, 0.05) is 10.0 Å². The molecule has 21 heavy (non-hydrogen) atoms. The van der Waals surface area contributed by atoms with Crippen LogP contribution in [0.4, 0.5) is 0 Å². The van der Waals surface area contributed by atoms with Crippen molar-refractivity contribution in [3.05, 3.63) is 34.3 Å². The number of carboxylic acid groups (broad SMARTS) is 1. The van der Waals surface area contributed by atoms with Crippen LogP contribution in [-0.4, -0.2) is 35.0 Å². The maximum Gasteiger partial charge on any atom is 0.329 e. The number of halogens is 1. The summed E-state index contributed by atoms with van der Waals surface area (Å²) in [7, 11) is 0. The lowest BCUT2D eigenvalue weighted by Gasteiger charge is -2.24. The van der Waals surface area contributed by atoms with Crippen LogP contribution in [0.5, 0.6) is 0 Å². The van der Waals surface area contributed by atoms with Gasteiger partial charge in [0.1, 0.15) is 5.54 Å². The zero-order valence-corrected chi connectivity index (χ0v) is 13.4. The van der Waals surface area contributed by atoms with E-state index in [0.29, 0.717) is 5.56 Å². The Morgan fingerprint density at radius 3 is 2.52 bits per heavy atom. The van der Waals surface area contributed by atoms with Crippen LogP contribution < -0.4 is 10.6 Å². The van der Waals surface area contributed by atoms with Crippen molar-refractivity contribution in [3.63, 3.8) is 0 Å². The van der Waals surface area contributed by atoms with E-state index >= 15 is 0 Å². The average Bonchev–Trinajstić information content (AvgIpc) is 2.44. The molecule has 0 bridgehead atoms. The number of amides is 2. The topological polar surface area (TPSA) is 95.5 Å². The number of hydrogen-bond donors (Lipinski definition) is 3. The summed E-state index contributed by atoms with van der Waals surface area (Å²) in [6.07, 6.45) is 0.244. The molecule has 0 heterocycles. The van der Waals surface area contributed by atoms with Crippen LogP contribution in [0, 0.1) is 0 Å². The molecule has 1 aromatic rings. The van der Waals surface area contributed by atoms with Gasteiger partial charge >= 0.3 is 5.97 Å². The van der Waals surface area contributed by atoms with Gasteiger partial charge in [-0.2, -0.15) is 0 Å². The van der Waals surface area contributed by atoms with Crippen molar-refractivity contribution in [2.45, 2.75) is 25.8 Å². The molecule has 3 N–H and O–H groups in total. The summed E-state index contributed by atoms with van der Waals surface area (Å²) in [6.45, 7) is 2.80. The van der Waals surface area contributed by atoms with Gasteiger partial charge in [-0.15, -0.1) is 0 Å². The van der Waals surface area contributed by atoms with Crippen LogP contribution in [0.2, 0.25) is 0 Å². The van der Waals surface area contributed by atoms with Crippen molar-refractivity contribution < 1.29 is 19.5 Å². The number of aliphatic carboxylic acids is 1. The fraction of sp³-hybridized carbons (Fsp3) is 0.357. The molecule has 1 atom stereocenters. The van der Waals surface area contributed by atoms with Crippen LogP contribution in [0.25, 0.3) is 0 Å². The van der Waals surface area contributed by atoms with Crippen LogP contribution in [0.15, 0.2) is 28.7 Å². The zero-order chi connectivity index (χ0) is 16.0. The van der Waals surface area contributed by atoms with E-state index in [9.17, 15) is 14.4 Å². The van der Waals surface area contributed by atoms with E-state index in [1.165, 1.54) is 6.92 Å². The number of rotatable bonds is 6. The molecule has 0 aliphatic carbocycles. The Morgan fingerprint density at radius 1 is 1.33 bits per heavy atom. The molecule has 0 saturated heterocycles. The number of nitrogens with one attached hydrogen (secondary N) is 2. The number of carbonyl (C=O) groups is 3. The highest BCUT2D eigenvalue weighted by Crippen LogP contribution is 2.11. The van der Waals surface area contributed by atoms with E-state index in [4.69, 9.17) is 5.11 Å². The fourth-order valence-corrected chi connectivity index (χ4v) is 1.94. The highest BCUT2D eigenvalue weighted by molar-refractivity contribution is 9.10. The molecule has 1 aromatic carbocycles. The molecule has 0 aliphatic rings. The Morgan fingerprint density at radius 2 is 2.00 bits per heavy atom. The van der Waals surface area contributed by atoms with Crippen molar-refractivity contribution >= 4 is 33.7 Å². The van der Waals surface area contributed by atoms with Gasteiger partial charge in [0.2, 0.25) is 5.91 Å². The van der Waals surface area contributed by atoms with E-state index in [1.807, 2.05) is 0 Å². The Balaban J connectivity index is 2.57. The number of carbonyl (C=O) groups excluding carboxylic acids is 2. The molecule has 0 spiro atoms. The molecular formula is C14H17BrN2O4. The van der Waals surface area contributed by atoms with E-state index in [1.54, 1.807) is 31.2 Å². The molecule has 1 rings (SSSR count). The van der Waals surface area contributed by atoms with E-state index in [-0.39, 0.29) is 13.0 Å². The molecule has 0 aromatic heterocycles. The van der Waals surface area contributed by atoms with E-state index < -0.39 is 23.3 Å². The smallest absolute Gasteiger partial charge is 0.329 e.